The lowest BCUT2D eigenvalue weighted by Crippen LogP contribution is -2.54. The molecule has 0 unspecified atom stereocenters. The first-order chi connectivity index (χ1) is 16.3. The minimum atomic E-state index is -0.800. The van der Waals surface area contributed by atoms with Crippen molar-refractivity contribution in [3.63, 3.8) is 0 Å². The highest BCUT2D eigenvalue weighted by molar-refractivity contribution is 9.10. The summed E-state index contributed by atoms with van der Waals surface area (Å²) >= 11 is 3.40. The van der Waals surface area contributed by atoms with Gasteiger partial charge in [0.15, 0.2) is 6.61 Å². The molecule has 2 aromatic carbocycles. The van der Waals surface area contributed by atoms with E-state index in [1.165, 1.54) is 6.08 Å². The Hall–Kier alpha value is -3.50. The summed E-state index contributed by atoms with van der Waals surface area (Å²) in [6.45, 7) is 3.87. The maximum absolute atomic E-state index is 13.0. The van der Waals surface area contributed by atoms with Crippen LogP contribution in [0.2, 0.25) is 0 Å². The van der Waals surface area contributed by atoms with Gasteiger partial charge in [0.1, 0.15) is 11.3 Å². The molecule has 2 heterocycles. The van der Waals surface area contributed by atoms with Gasteiger partial charge in [0.2, 0.25) is 0 Å². The summed E-state index contributed by atoms with van der Waals surface area (Å²) in [6.07, 6.45) is 1.40. The Bertz CT molecular complexity index is 1170. The van der Waals surface area contributed by atoms with Gasteiger partial charge < -0.3 is 14.4 Å². The molecular weight excluding hydrogens is 506 g/mol. The lowest BCUT2D eigenvalue weighted by atomic mass is 10.1. The van der Waals surface area contributed by atoms with E-state index in [0.29, 0.717) is 47.8 Å². The Morgan fingerprint density at radius 2 is 1.82 bits per heavy atom. The predicted octanol–water partition coefficient (Wildman–Crippen LogP) is 2.66. The van der Waals surface area contributed by atoms with E-state index in [1.54, 1.807) is 47.4 Å². The van der Waals surface area contributed by atoms with Crippen molar-refractivity contribution >= 4 is 51.4 Å². The maximum atomic E-state index is 13.0. The lowest BCUT2D eigenvalue weighted by molar-refractivity contribution is -0.137. The summed E-state index contributed by atoms with van der Waals surface area (Å²) in [6, 6.07) is 11.0. The molecule has 0 bridgehead atoms. The van der Waals surface area contributed by atoms with E-state index >= 15 is 0 Å². The number of aryl methyl sites for hydroxylation is 1. The van der Waals surface area contributed by atoms with Gasteiger partial charge in [-0.15, -0.1) is 0 Å². The van der Waals surface area contributed by atoms with Crippen LogP contribution in [-0.4, -0.2) is 61.6 Å². The van der Waals surface area contributed by atoms with Crippen molar-refractivity contribution in [1.29, 1.82) is 0 Å². The smallest absolute Gasteiger partial charge is 0.335 e. The number of imide groups is 2. The highest BCUT2D eigenvalue weighted by Gasteiger charge is 2.36. The van der Waals surface area contributed by atoms with E-state index < -0.39 is 17.8 Å². The second-order valence-corrected chi connectivity index (χ2v) is 8.62. The molecule has 0 spiro atoms. The molecule has 0 atom stereocenters. The summed E-state index contributed by atoms with van der Waals surface area (Å²) in [5.74, 6) is -1.18. The Labute approximate surface area is 204 Å². The molecule has 0 saturated carbocycles. The van der Waals surface area contributed by atoms with E-state index in [2.05, 4.69) is 21.2 Å². The zero-order valence-electron chi connectivity index (χ0n) is 18.4. The van der Waals surface area contributed by atoms with Crippen molar-refractivity contribution in [3.8, 4) is 5.75 Å². The number of ether oxygens (including phenoxy) is 2. The standard InChI is InChI=1S/C24H22BrN3O6/c1-15-2-5-17(6-3-15)28-23(31)18(22(30)26-24(28)32)12-16-4-7-20(19(25)13-16)34-14-21(29)27-8-10-33-11-9-27/h2-7,12-13H,8-11,14H2,1H3,(H,26,30,32)/b18-12+. The van der Waals surface area contributed by atoms with E-state index in [4.69, 9.17) is 9.47 Å². The average Bonchev–Trinajstić information content (AvgIpc) is 2.82. The van der Waals surface area contributed by atoms with Crippen molar-refractivity contribution < 1.29 is 28.7 Å². The lowest BCUT2D eigenvalue weighted by Gasteiger charge is -2.27. The van der Waals surface area contributed by atoms with Gasteiger partial charge in [0.05, 0.1) is 23.4 Å². The van der Waals surface area contributed by atoms with Gasteiger partial charge >= 0.3 is 6.03 Å². The molecule has 4 rings (SSSR count). The van der Waals surface area contributed by atoms with E-state index in [9.17, 15) is 19.2 Å². The molecular formula is C24H22BrN3O6. The van der Waals surface area contributed by atoms with E-state index in [0.717, 1.165) is 10.5 Å². The molecule has 2 saturated heterocycles. The molecule has 0 aromatic heterocycles. The first kappa shape index (κ1) is 23.7. The Kier molecular flexibility index (Phi) is 7.09. The summed E-state index contributed by atoms with van der Waals surface area (Å²) in [7, 11) is 0. The second-order valence-electron chi connectivity index (χ2n) is 7.77. The second kappa shape index (κ2) is 10.2. The van der Waals surface area contributed by atoms with Gasteiger partial charge in [-0.3, -0.25) is 19.7 Å². The van der Waals surface area contributed by atoms with Crippen LogP contribution in [0.1, 0.15) is 11.1 Å². The Balaban J connectivity index is 1.49. The zero-order valence-corrected chi connectivity index (χ0v) is 20.0. The highest BCUT2D eigenvalue weighted by Crippen LogP contribution is 2.28. The summed E-state index contributed by atoms with van der Waals surface area (Å²) in [5.41, 5.74) is 1.69. The van der Waals surface area contributed by atoms with Crippen molar-refractivity contribution in [2.45, 2.75) is 6.92 Å². The number of barbiturate groups is 1. The SMILES string of the molecule is Cc1ccc(N2C(=O)NC(=O)/C(=C\c3ccc(OCC(=O)N4CCOCC4)c(Br)c3)C2=O)cc1. The average molecular weight is 528 g/mol. The molecule has 5 amide bonds. The van der Waals surface area contributed by atoms with E-state index in [-0.39, 0.29) is 18.1 Å². The molecule has 0 aliphatic carbocycles. The number of hydrogen-bond donors (Lipinski definition) is 1. The number of rotatable bonds is 5. The van der Waals surface area contributed by atoms with Crippen molar-refractivity contribution in [3.05, 3.63) is 63.6 Å². The van der Waals surface area contributed by atoms with Gasteiger partial charge in [-0.05, 0) is 58.8 Å². The molecule has 9 nitrogen and oxygen atoms in total. The predicted molar refractivity (Wildman–Crippen MR) is 127 cm³/mol. The number of benzene rings is 2. The minimum Gasteiger partial charge on any atom is -0.483 e. The van der Waals surface area contributed by atoms with Crippen LogP contribution in [0.3, 0.4) is 0 Å². The van der Waals surface area contributed by atoms with Gasteiger partial charge in [-0.2, -0.15) is 0 Å². The first-order valence-electron chi connectivity index (χ1n) is 10.6. The minimum absolute atomic E-state index is 0.118. The fraction of sp³-hybridized carbons (Fsp3) is 0.250. The number of hydrogen-bond acceptors (Lipinski definition) is 6. The summed E-state index contributed by atoms with van der Waals surface area (Å²) in [5, 5.41) is 2.20. The number of amides is 5. The topological polar surface area (TPSA) is 105 Å². The molecule has 176 valence electrons. The molecule has 2 aliphatic rings. The number of nitrogens with zero attached hydrogens (tertiary/aromatic N) is 2. The maximum Gasteiger partial charge on any atom is 0.335 e. The van der Waals surface area contributed by atoms with Gasteiger partial charge in [-0.1, -0.05) is 23.8 Å². The Morgan fingerprint density at radius 1 is 1.12 bits per heavy atom. The largest absolute Gasteiger partial charge is 0.483 e. The summed E-state index contributed by atoms with van der Waals surface area (Å²) < 4.78 is 11.4. The fourth-order valence-corrected chi connectivity index (χ4v) is 4.03. The van der Waals surface area contributed by atoms with E-state index in [1.807, 2.05) is 6.92 Å². The van der Waals surface area contributed by atoms with Crippen molar-refractivity contribution in [1.82, 2.24) is 10.2 Å². The van der Waals surface area contributed by atoms with Crippen LogP contribution in [0.25, 0.3) is 6.08 Å². The third kappa shape index (κ3) is 5.18. The first-order valence-corrected chi connectivity index (χ1v) is 11.4. The summed E-state index contributed by atoms with van der Waals surface area (Å²) in [4.78, 5) is 52.6. The van der Waals surface area contributed by atoms with Crippen LogP contribution in [0.5, 0.6) is 5.75 Å². The molecule has 2 aliphatic heterocycles. The van der Waals surface area contributed by atoms with Gasteiger partial charge in [0.25, 0.3) is 17.7 Å². The molecule has 1 N–H and O–H groups in total. The van der Waals surface area contributed by atoms with Crippen LogP contribution in [0.15, 0.2) is 52.5 Å². The third-order valence-electron chi connectivity index (χ3n) is 5.38. The number of morpholine rings is 1. The number of halogens is 1. The molecule has 10 heteroatoms. The quantitative estimate of drug-likeness (QED) is 0.473. The monoisotopic (exact) mass is 527 g/mol. The molecule has 2 fully saturated rings. The Morgan fingerprint density at radius 3 is 2.50 bits per heavy atom. The van der Waals surface area contributed by atoms with Crippen molar-refractivity contribution in [2.24, 2.45) is 0 Å². The number of anilines is 1. The zero-order chi connectivity index (χ0) is 24.2. The van der Waals surface area contributed by atoms with Crippen LogP contribution in [0, 0.1) is 6.92 Å². The molecule has 0 radical (unpaired) electrons. The number of nitrogens with one attached hydrogen (secondary N) is 1. The normalized spacial score (nSPS) is 17.7. The van der Waals surface area contributed by atoms with Gasteiger partial charge in [0, 0.05) is 13.1 Å². The van der Waals surface area contributed by atoms with Crippen LogP contribution in [-0.2, 0) is 19.1 Å². The van der Waals surface area contributed by atoms with Crippen molar-refractivity contribution in [2.75, 3.05) is 37.8 Å². The molecule has 2 aromatic rings. The highest BCUT2D eigenvalue weighted by atomic mass is 79.9. The number of carbonyl (C=O) groups is 4. The van der Waals surface area contributed by atoms with Crippen LogP contribution >= 0.6 is 15.9 Å². The number of carbonyl (C=O) groups excluding carboxylic acids is 4. The fourth-order valence-electron chi connectivity index (χ4n) is 3.52. The van der Waals surface area contributed by atoms with Crippen LogP contribution < -0.4 is 15.0 Å². The number of urea groups is 1. The third-order valence-corrected chi connectivity index (χ3v) is 6.00. The van der Waals surface area contributed by atoms with Crippen LogP contribution in [0.4, 0.5) is 10.5 Å². The molecule has 34 heavy (non-hydrogen) atoms. The van der Waals surface area contributed by atoms with Gasteiger partial charge in [-0.25, -0.2) is 9.69 Å².